The van der Waals surface area contributed by atoms with Gasteiger partial charge in [0.2, 0.25) is 5.95 Å². The zero-order valence-corrected chi connectivity index (χ0v) is 14.0. The lowest BCUT2D eigenvalue weighted by Gasteiger charge is -2.35. The second-order valence-electron chi connectivity index (χ2n) is 6.20. The molecule has 0 radical (unpaired) electrons. The second kappa shape index (κ2) is 7.11. The van der Waals surface area contributed by atoms with Gasteiger partial charge in [-0.2, -0.15) is 4.98 Å². The highest BCUT2D eigenvalue weighted by Crippen LogP contribution is 2.26. The van der Waals surface area contributed by atoms with Gasteiger partial charge in [-0.05, 0) is 44.7 Å². The Morgan fingerprint density at radius 1 is 1.17 bits per heavy atom. The lowest BCUT2D eigenvalue weighted by Crippen LogP contribution is -2.40. The van der Waals surface area contributed by atoms with Crippen LogP contribution >= 0.6 is 0 Å². The molecule has 1 aliphatic heterocycles. The van der Waals surface area contributed by atoms with Crippen LogP contribution in [0.3, 0.4) is 0 Å². The Morgan fingerprint density at radius 2 is 2.00 bits per heavy atom. The van der Waals surface area contributed by atoms with E-state index in [2.05, 4.69) is 27.1 Å². The van der Waals surface area contributed by atoms with Crippen molar-refractivity contribution < 1.29 is 8.78 Å². The van der Waals surface area contributed by atoms with Gasteiger partial charge in [0.1, 0.15) is 5.82 Å². The number of nitrogens with zero attached hydrogens (tertiary/aromatic N) is 3. The van der Waals surface area contributed by atoms with Crippen molar-refractivity contribution in [1.82, 2.24) is 9.97 Å². The second-order valence-corrected chi connectivity index (χ2v) is 6.20. The maximum Gasteiger partial charge on any atom is 0.227 e. The molecule has 2 aromatic rings. The first kappa shape index (κ1) is 16.6. The highest BCUT2D eigenvalue weighted by molar-refractivity contribution is 5.58. The highest BCUT2D eigenvalue weighted by atomic mass is 19.2. The number of aryl methyl sites for hydroxylation is 1. The Morgan fingerprint density at radius 3 is 2.75 bits per heavy atom. The SMILES string of the molecule is CCC1CCCCN1c1nc(C)cc(Nc2ccc(F)c(F)c2)n1. The number of aromatic nitrogens is 2. The third-order valence-corrected chi connectivity index (χ3v) is 4.39. The van der Waals surface area contributed by atoms with Crippen LogP contribution in [-0.2, 0) is 0 Å². The topological polar surface area (TPSA) is 41.1 Å². The van der Waals surface area contributed by atoms with Crippen molar-refractivity contribution >= 4 is 17.5 Å². The van der Waals surface area contributed by atoms with Gasteiger partial charge < -0.3 is 10.2 Å². The zero-order chi connectivity index (χ0) is 17.1. The first-order chi connectivity index (χ1) is 11.6. The number of rotatable bonds is 4. The monoisotopic (exact) mass is 332 g/mol. The standard InChI is InChI=1S/C18H22F2N4/c1-3-14-6-4-5-9-24(14)18-21-12(2)10-17(23-18)22-13-7-8-15(19)16(20)11-13/h7-8,10-11,14H,3-6,9H2,1-2H3,(H,21,22,23). The molecule has 6 heteroatoms. The van der Waals surface area contributed by atoms with Gasteiger partial charge in [0.25, 0.3) is 0 Å². The van der Waals surface area contributed by atoms with E-state index in [9.17, 15) is 8.78 Å². The van der Waals surface area contributed by atoms with Crippen LogP contribution in [0, 0.1) is 18.6 Å². The number of piperidine rings is 1. The molecule has 24 heavy (non-hydrogen) atoms. The molecular formula is C18H22F2N4. The van der Waals surface area contributed by atoms with Crippen LogP contribution in [0.25, 0.3) is 0 Å². The summed E-state index contributed by atoms with van der Waals surface area (Å²) >= 11 is 0. The fourth-order valence-electron chi connectivity index (χ4n) is 3.16. The summed E-state index contributed by atoms with van der Waals surface area (Å²) in [4.78, 5) is 11.4. The minimum atomic E-state index is -0.881. The fraction of sp³-hybridized carbons (Fsp3) is 0.444. The van der Waals surface area contributed by atoms with Gasteiger partial charge in [0, 0.05) is 36.1 Å². The average molecular weight is 332 g/mol. The van der Waals surface area contributed by atoms with E-state index in [0.29, 0.717) is 23.5 Å². The minimum absolute atomic E-state index is 0.455. The third kappa shape index (κ3) is 3.63. The van der Waals surface area contributed by atoms with Gasteiger partial charge in [0.05, 0.1) is 0 Å². The Balaban J connectivity index is 1.86. The van der Waals surface area contributed by atoms with E-state index >= 15 is 0 Å². The normalized spacial score (nSPS) is 17.8. The summed E-state index contributed by atoms with van der Waals surface area (Å²) in [5.74, 6) is -0.456. The number of halogens is 2. The smallest absolute Gasteiger partial charge is 0.227 e. The van der Waals surface area contributed by atoms with Gasteiger partial charge in [-0.3, -0.25) is 0 Å². The molecule has 1 N–H and O–H groups in total. The third-order valence-electron chi connectivity index (χ3n) is 4.39. The molecule has 2 heterocycles. The van der Waals surface area contributed by atoms with E-state index < -0.39 is 11.6 Å². The molecule has 0 saturated carbocycles. The Kier molecular flexibility index (Phi) is 4.92. The molecule has 1 unspecified atom stereocenters. The first-order valence-corrected chi connectivity index (χ1v) is 8.41. The van der Waals surface area contributed by atoms with Crippen LogP contribution in [0.1, 0.15) is 38.3 Å². The molecule has 3 rings (SSSR count). The number of anilines is 3. The average Bonchev–Trinajstić information content (AvgIpc) is 2.57. The lowest BCUT2D eigenvalue weighted by molar-refractivity contribution is 0.443. The predicted octanol–water partition coefficient (Wildman–Crippen LogP) is 4.58. The summed E-state index contributed by atoms with van der Waals surface area (Å²) in [5.41, 5.74) is 1.30. The van der Waals surface area contributed by atoms with Crippen LogP contribution in [0.2, 0.25) is 0 Å². The molecule has 1 fully saturated rings. The zero-order valence-electron chi connectivity index (χ0n) is 14.0. The maximum atomic E-state index is 13.4. The van der Waals surface area contributed by atoms with Gasteiger partial charge in [-0.15, -0.1) is 0 Å². The largest absolute Gasteiger partial charge is 0.340 e. The van der Waals surface area contributed by atoms with Gasteiger partial charge in [-0.25, -0.2) is 13.8 Å². The van der Waals surface area contributed by atoms with Crippen molar-refractivity contribution in [2.24, 2.45) is 0 Å². The van der Waals surface area contributed by atoms with E-state index in [1.807, 2.05) is 6.92 Å². The summed E-state index contributed by atoms with van der Waals surface area (Å²) in [7, 11) is 0. The molecule has 128 valence electrons. The first-order valence-electron chi connectivity index (χ1n) is 8.41. The molecule has 0 amide bonds. The number of benzene rings is 1. The number of nitrogens with one attached hydrogen (secondary N) is 1. The molecule has 1 aromatic heterocycles. The number of hydrogen-bond acceptors (Lipinski definition) is 4. The Labute approximate surface area is 140 Å². The summed E-state index contributed by atoms with van der Waals surface area (Å²) < 4.78 is 26.4. The molecule has 0 bridgehead atoms. The van der Waals surface area contributed by atoms with Crippen molar-refractivity contribution in [2.45, 2.75) is 45.6 Å². The Hall–Kier alpha value is -2.24. The van der Waals surface area contributed by atoms with Gasteiger partial charge in [-0.1, -0.05) is 6.92 Å². The molecule has 1 aliphatic rings. The summed E-state index contributed by atoms with van der Waals surface area (Å²) in [6.45, 7) is 5.04. The molecular weight excluding hydrogens is 310 g/mol. The molecule has 4 nitrogen and oxygen atoms in total. The van der Waals surface area contributed by atoms with Crippen molar-refractivity contribution in [1.29, 1.82) is 0 Å². The van der Waals surface area contributed by atoms with Crippen molar-refractivity contribution in [3.05, 3.63) is 41.6 Å². The molecule has 1 saturated heterocycles. The van der Waals surface area contributed by atoms with Crippen molar-refractivity contribution in [2.75, 3.05) is 16.8 Å². The summed E-state index contributed by atoms with van der Waals surface area (Å²) in [5, 5.41) is 3.04. The number of hydrogen-bond donors (Lipinski definition) is 1. The molecule has 0 aliphatic carbocycles. The minimum Gasteiger partial charge on any atom is -0.340 e. The van der Waals surface area contributed by atoms with E-state index in [1.54, 1.807) is 6.07 Å². The van der Waals surface area contributed by atoms with Crippen LogP contribution in [0.5, 0.6) is 0 Å². The quantitative estimate of drug-likeness (QED) is 0.890. The van der Waals surface area contributed by atoms with Crippen LogP contribution in [0.15, 0.2) is 24.3 Å². The fourth-order valence-corrected chi connectivity index (χ4v) is 3.16. The van der Waals surface area contributed by atoms with Crippen LogP contribution in [0.4, 0.5) is 26.2 Å². The van der Waals surface area contributed by atoms with Crippen molar-refractivity contribution in [3.63, 3.8) is 0 Å². The van der Waals surface area contributed by atoms with E-state index in [4.69, 9.17) is 0 Å². The van der Waals surface area contributed by atoms with E-state index in [0.717, 1.165) is 43.6 Å². The lowest BCUT2D eigenvalue weighted by atomic mass is 10.0. The van der Waals surface area contributed by atoms with Crippen LogP contribution < -0.4 is 10.2 Å². The predicted molar refractivity (Wildman–Crippen MR) is 91.7 cm³/mol. The summed E-state index contributed by atoms with van der Waals surface area (Å²) in [6, 6.07) is 5.98. The van der Waals surface area contributed by atoms with Crippen molar-refractivity contribution in [3.8, 4) is 0 Å². The molecule has 1 aromatic carbocycles. The highest BCUT2D eigenvalue weighted by Gasteiger charge is 2.23. The summed E-state index contributed by atoms with van der Waals surface area (Å²) in [6.07, 6.45) is 4.59. The molecule has 0 spiro atoms. The van der Waals surface area contributed by atoms with Gasteiger partial charge >= 0.3 is 0 Å². The molecule has 1 atom stereocenters. The van der Waals surface area contributed by atoms with Crippen LogP contribution in [-0.4, -0.2) is 22.6 Å². The van der Waals surface area contributed by atoms with E-state index in [-0.39, 0.29) is 0 Å². The maximum absolute atomic E-state index is 13.4. The van der Waals surface area contributed by atoms with Gasteiger partial charge in [0.15, 0.2) is 11.6 Å². The van der Waals surface area contributed by atoms with E-state index in [1.165, 1.54) is 12.5 Å². The Bertz CT molecular complexity index is 720.